The maximum Gasteiger partial charge on any atom is 0.271 e. The Morgan fingerprint density at radius 2 is 1.71 bits per heavy atom. The SMILES string of the molecule is CCNC(=O)[C@H](Cc1ccccc1)N(Cc1ccc(Cl)cc1)C(=O)CN(c1cc([N+](=O)[O-])ccc1OC)S(C)(=O)=O. The van der Waals surface area contributed by atoms with Gasteiger partial charge in [0.15, 0.2) is 0 Å². The molecule has 1 N–H and O–H groups in total. The second kappa shape index (κ2) is 14.0. The zero-order chi connectivity index (χ0) is 30.2. The highest BCUT2D eigenvalue weighted by Gasteiger charge is 2.34. The van der Waals surface area contributed by atoms with Crippen molar-refractivity contribution in [2.45, 2.75) is 25.9 Å². The summed E-state index contributed by atoms with van der Waals surface area (Å²) in [4.78, 5) is 39.5. The van der Waals surface area contributed by atoms with Gasteiger partial charge in [-0.1, -0.05) is 54.1 Å². The Bertz CT molecular complexity index is 1490. The van der Waals surface area contributed by atoms with Crippen molar-refractivity contribution in [2.75, 3.05) is 30.8 Å². The standard InChI is InChI=1S/C28H31ClN4O7S/c1-4-30-28(35)25(16-20-8-6-5-7-9-20)31(18-21-10-12-22(29)13-11-21)27(34)19-32(41(3,38)39)24-17-23(33(36)37)14-15-26(24)40-2/h5-15,17,25H,4,16,18-19H2,1-3H3,(H,30,35)/t25-/m0/s1. The summed E-state index contributed by atoms with van der Waals surface area (Å²) in [5, 5.41) is 14.7. The van der Waals surface area contributed by atoms with Crippen molar-refractivity contribution >= 4 is 44.8 Å². The van der Waals surface area contributed by atoms with Gasteiger partial charge in [-0.15, -0.1) is 0 Å². The predicted molar refractivity (Wildman–Crippen MR) is 156 cm³/mol. The molecule has 3 rings (SSSR count). The Labute approximate surface area is 243 Å². The monoisotopic (exact) mass is 602 g/mol. The number of nitro benzene ring substituents is 1. The first kappa shape index (κ1) is 31.4. The van der Waals surface area contributed by atoms with Gasteiger partial charge in [-0.3, -0.25) is 24.0 Å². The van der Waals surface area contributed by atoms with E-state index in [0.717, 1.165) is 22.2 Å². The van der Waals surface area contributed by atoms with Gasteiger partial charge >= 0.3 is 0 Å². The fourth-order valence-electron chi connectivity index (χ4n) is 4.21. The summed E-state index contributed by atoms with van der Waals surface area (Å²) >= 11 is 6.04. The van der Waals surface area contributed by atoms with Crippen LogP contribution in [-0.4, -0.2) is 62.6 Å². The van der Waals surface area contributed by atoms with Gasteiger partial charge in [0.05, 0.1) is 18.3 Å². The molecule has 3 aromatic rings. The molecule has 0 aliphatic heterocycles. The first-order valence-corrected chi connectivity index (χ1v) is 14.8. The summed E-state index contributed by atoms with van der Waals surface area (Å²) in [5.41, 5.74) is 0.882. The van der Waals surface area contributed by atoms with E-state index in [2.05, 4.69) is 5.32 Å². The lowest BCUT2D eigenvalue weighted by Gasteiger charge is -2.33. The molecule has 0 radical (unpaired) electrons. The lowest BCUT2D eigenvalue weighted by atomic mass is 10.0. The second-order valence-corrected chi connectivity index (χ2v) is 11.5. The van der Waals surface area contributed by atoms with Crippen molar-refractivity contribution in [3.8, 4) is 5.75 Å². The van der Waals surface area contributed by atoms with E-state index in [4.69, 9.17) is 16.3 Å². The molecule has 41 heavy (non-hydrogen) atoms. The van der Waals surface area contributed by atoms with Crippen molar-refractivity contribution in [3.05, 3.63) is 99.1 Å². The molecule has 0 fully saturated rings. The van der Waals surface area contributed by atoms with Crippen LogP contribution in [0.15, 0.2) is 72.8 Å². The number of rotatable bonds is 13. The number of amides is 2. The summed E-state index contributed by atoms with van der Waals surface area (Å²) in [6.45, 7) is 1.29. The van der Waals surface area contributed by atoms with Crippen molar-refractivity contribution in [1.29, 1.82) is 0 Å². The lowest BCUT2D eigenvalue weighted by Crippen LogP contribution is -2.53. The number of hydrogen-bond acceptors (Lipinski definition) is 7. The second-order valence-electron chi connectivity index (χ2n) is 9.13. The van der Waals surface area contributed by atoms with Gasteiger partial charge in [-0.2, -0.15) is 0 Å². The first-order valence-electron chi connectivity index (χ1n) is 12.6. The normalized spacial score (nSPS) is 11.8. The largest absolute Gasteiger partial charge is 0.495 e. The number of sulfonamides is 1. The highest BCUT2D eigenvalue weighted by atomic mass is 35.5. The fraction of sp³-hybridized carbons (Fsp3) is 0.286. The van der Waals surface area contributed by atoms with Gasteiger partial charge in [0.2, 0.25) is 21.8 Å². The van der Waals surface area contributed by atoms with Crippen LogP contribution in [0.1, 0.15) is 18.1 Å². The zero-order valence-corrected chi connectivity index (χ0v) is 24.4. The van der Waals surface area contributed by atoms with E-state index >= 15 is 0 Å². The molecule has 0 aromatic heterocycles. The lowest BCUT2D eigenvalue weighted by molar-refractivity contribution is -0.384. The Hall–Kier alpha value is -4.16. The van der Waals surface area contributed by atoms with Crippen LogP contribution in [0.25, 0.3) is 0 Å². The van der Waals surface area contributed by atoms with E-state index in [-0.39, 0.29) is 30.1 Å². The average molecular weight is 603 g/mol. The van der Waals surface area contributed by atoms with Crippen LogP contribution in [0.2, 0.25) is 5.02 Å². The average Bonchev–Trinajstić information content (AvgIpc) is 2.94. The van der Waals surface area contributed by atoms with Crippen LogP contribution in [0.3, 0.4) is 0 Å². The highest BCUT2D eigenvalue weighted by molar-refractivity contribution is 7.92. The Balaban J connectivity index is 2.10. The quantitative estimate of drug-likeness (QED) is 0.232. The molecule has 0 spiro atoms. The summed E-state index contributed by atoms with van der Waals surface area (Å²) in [7, 11) is -2.87. The number of carbonyl (C=O) groups is 2. The van der Waals surface area contributed by atoms with Gasteiger partial charge in [-0.25, -0.2) is 8.42 Å². The molecule has 2 amide bonds. The number of carbonyl (C=O) groups excluding carboxylic acids is 2. The number of nitrogens with one attached hydrogen (secondary N) is 1. The number of benzene rings is 3. The molecule has 0 saturated carbocycles. The number of nitrogens with zero attached hydrogens (tertiary/aromatic N) is 3. The molecule has 3 aromatic carbocycles. The molecular weight excluding hydrogens is 572 g/mol. The summed E-state index contributed by atoms with van der Waals surface area (Å²) in [6.07, 6.45) is 1.04. The van der Waals surface area contributed by atoms with Crippen LogP contribution >= 0.6 is 11.6 Å². The highest BCUT2D eigenvalue weighted by Crippen LogP contribution is 2.34. The van der Waals surface area contributed by atoms with Gasteiger partial charge in [0.25, 0.3) is 5.69 Å². The van der Waals surface area contributed by atoms with Gasteiger partial charge in [-0.05, 0) is 36.2 Å². The van der Waals surface area contributed by atoms with Gasteiger partial charge in [0.1, 0.15) is 24.0 Å². The van der Waals surface area contributed by atoms with E-state index in [0.29, 0.717) is 17.1 Å². The molecule has 0 unspecified atom stereocenters. The van der Waals surface area contributed by atoms with Crippen LogP contribution in [0.5, 0.6) is 5.75 Å². The zero-order valence-electron chi connectivity index (χ0n) is 22.8. The van der Waals surface area contributed by atoms with Crippen LogP contribution < -0.4 is 14.4 Å². The van der Waals surface area contributed by atoms with E-state index < -0.39 is 39.3 Å². The number of halogens is 1. The first-order chi connectivity index (χ1) is 19.4. The van der Waals surface area contributed by atoms with Crippen molar-refractivity contribution < 1.29 is 27.7 Å². The number of non-ortho nitro benzene ring substituents is 1. The van der Waals surface area contributed by atoms with E-state index in [1.165, 1.54) is 24.1 Å². The topological polar surface area (TPSA) is 139 Å². The van der Waals surface area contributed by atoms with Crippen molar-refractivity contribution in [2.24, 2.45) is 0 Å². The van der Waals surface area contributed by atoms with Crippen LogP contribution in [0.4, 0.5) is 11.4 Å². The number of likely N-dealkylation sites (N-methyl/N-ethyl adjacent to an activating group) is 1. The van der Waals surface area contributed by atoms with E-state index in [1.807, 2.05) is 30.3 Å². The molecule has 0 aliphatic rings. The summed E-state index contributed by atoms with van der Waals surface area (Å²) < 4.78 is 32.0. The van der Waals surface area contributed by atoms with Crippen LogP contribution in [0, 0.1) is 10.1 Å². The number of nitro groups is 1. The molecule has 0 saturated heterocycles. The minimum absolute atomic E-state index is 0.0163. The van der Waals surface area contributed by atoms with Gasteiger partial charge < -0.3 is 15.0 Å². The smallest absolute Gasteiger partial charge is 0.271 e. The number of methoxy groups -OCH3 is 1. The molecule has 218 valence electrons. The van der Waals surface area contributed by atoms with Crippen molar-refractivity contribution in [3.63, 3.8) is 0 Å². The molecule has 11 nitrogen and oxygen atoms in total. The van der Waals surface area contributed by atoms with Crippen LogP contribution in [-0.2, 0) is 32.6 Å². The molecule has 13 heteroatoms. The summed E-state index contributed by atoms with van der Waals surface area (Å²) in [5.74, 6) is -1.11. The van der Waals surface area contributed by atoms with Gasteiger partial charge in [0, 0.05) is 36.7 Å². The predicted octanol–water partition coefficient (Wildman–Crippen LogP) is 3.80. The third-order valence-corrected chi connectivity index (χ3v) is 7.59. The van der Waals surface area contributed by atoms with E-state index in [9.17, 15) is 28.1 Å². The molecule has 1 atom stereocenters. The number of anilines is 1. The van der Waals surface area contributed by atoms with E-state index in [1.54, 1.807) is 31.2 Å². The maximum absolute atomic E-state index is 14.0. The molecular formula is C28H31ClN4O7S. The number of ether oxygens (including phenoxy) is 1. The molecule has 0 heterocycles. The fourth-order valence-corrected chi connectivity index (χ4v) is 5.19. The molecule has 0 aliphatic carbocycles. The number of hydrogen-bond donors (Lipinski definition) is 1. The Morgan fingerprint density at radius 3 is 2.27 bits per heavy atom. The molecule has 0 bridgehead atoms. The Kier molecular flexibility index (Phi) is 10.7. The van der Waals surface area contributed by atoms with Crippen molar-refractivity contribution in [1.82, 2.24) is 10.2 Å². The summed E-state index contributed by atoms with van der Waals surface area (Å²) in [6, 6.07) is 18.3. The minimum atomic E-state index is -4.15. The minimum Gasteiger partial charge on any atom is -0.495 e. The third-order valence-electron chi connectivity index (χ3n) is 6.21. The third kappa shape index (κ3) is 8.41. The Morgan fingerprint density at radius 1 is 1.05 bits per heavy atom. The maximum atomic E-state index is 14.0.